The van der Waals surface area contributed by atoms with Crippen LogP contribution in [0.3, 0.4) is 0 Å². The van der Waals surface area contributed by atoms with Crippen molar-refractivity contribution >= 4 is 15.9 Å². The largest absolute Gasteiger partial charge is 0.471 e. The number of rotatable bonds is 3. The Kier molecular flexibility index (Phi) is 5.88. The maximum Gasteiger partial charge on any atom is 0.471 e. The van der Waals surface area contributed by atoms with Gasteiger partial charge in [0.15, 0.2) is 0 Å². The number of sulfonamides is 1. The molecule has 1 saturated heterocycles. The fourth-order valence-corrected chi connectivity index (χ4v) is 4.13. The van der Waals surface area contributed by atoms with Crippen LogP contribution in [0, 0.1) is 0 Å². The van der Waals surface area contributed by atoms with Crippen molar-refractivity contribution in [2.24, 2.45) is 0 Å². The Morgan fingerprint density at radius 3 is 1.83 bits per heavy atom. The van der Waals surface area contributed by atoms with Gasteiger partial charge in [0.1, 0.15) is 0 Å². The lowest BCUT2D eigenvalue weighted by atomic mass is 10.1. The van der Waals surface area contributed by atoms with Crippen molar-refractivity contribution in [3.63, 3.8) is 0 Å². The first-order valence-electron chi connectivity index (χ1n) is 7.59. The lowest BCUT2D eigenvalue weighted by molar-refractivity contribution is -0.174. The number of nitrogens with zero attached hydrogens (tertiary/aromatic N) is 1. The summed E-state index contributed by atoms with van der Waals surface area (Å²) in [5.41, 5.74) is -3.71. The monoisotopic (exact) mass is 458 g/mol. The van der Waals surface area contributed by atoms with E-state index in [4.69, 9.17) is 0 Å². The minimum Gasteiger partial charge on any atom is -0.344 e. The molecule has 1 aromatic carbocycles. The van der Waals surface area contributed by atoms with Gasteiger partial charge in [-0.05, 0) is 24.6 Å². The quantitative estimate of drug-likeness (QED) is 0.708. The molecule has 1 atom stereocenters. The predicted molar refractivity (Wildman–Crippen MR) is 77.8 cm³/mol. The number of hydrogen-bond donors (Lipinski definition) is 1. The van der Waals surface area contributed by atoms with Crippen LogP contribution in [-0.4, -0.2) is 43.9 Å². The number of alkyl halides is 9. The van der Waals surface area contributed by atoms with Crippen molar-refractivity contribution in [2.45, 2.75) is 35.9 Å². The lowest BCUT2D eigenvalue weighted by Gasteiger charge is -2.20. The van der Waals surface area contributed by atoms with E-state index in [1.165, 1.54) is 5.32 Å². The molecule has 2 rings (SSSR count). The van der Waals surface area contributed by atoms with Crippen molar-refractivity contribution in [1.82, 2.24) is 9.62 Å². The summed E-state index contributed by atoms with van der Waals surface area (Å²) in [5.74, 6) is -2.35. The van der Waals surface area contributed by atoms with Crippen molar-refractivity contribution in [3.05, 3.63) is 29.3 Å². The highest BCUT2D eigenvalue weighted by atomic mass is 32.2. The summed E-state index contributed by atoms with van der Waals surface area (Å²) in [6, 6.07) is -1.56. The fourth-order valence-electron chi connectivity index (χ4n) is 2.56. The Bertz CT molecular complexity index is 859. The van der Waals surface area contributed by atoms with Crippen LogP contribution in [0.2, 0.25) is 0 Å². The molecule has 15 heteroatoms. The number of benzene rings is 1. The molecule has 0 spiro atoms. The number of hydrogen-bond acceptors (Lipinski definition) is 3. The number of nitrogens with one attached hydrogen (secondary N) is 1. The van der Waals surface area contributed by atoms with Crippen molar-refractivity contribution in [1.29, 1.82) is 0 Å². The number of amides is 1. The zero-order chi connectivity index (χ0) is 22.4. The molecule has 0 aliphatic carbocycles. The van der Waals surface area contributed by atoms with Gasteiger partial charge in [0.2, 0.25) is 10.0 Å². The standard InChI is InChI=1S/C14H11F9N2O3S/c15-12(16,17)7-3-8(13(18,19)20)5-10(4-7)29(27,28)25-2-1-9(6-25)24-11(26)14(21,22)23/h3-5,9H,1-2,6H2,(H,24,26). The van der Waals surface area contributed by atoms with Crippen molar-refractivity contribution in [2.75, 3.05) is 13.1 Å². The maximum absolute atomic E-state index is 12.9. The first-order valence-corrected chi connectivity index (χ1v) is 9.03. The highest BCUT2D eigenvalue weighted by Crippen LogP contribution is 2.38. The maximum atomic E-state index is 12.9. The van der Waals surface area contributed by atoms with Crippen LogP contribution in [0.15, 0.2) is 23.1 Å². The third-order valence-corrected chi connectivity index (χ3v) is 5.79. The second-order valence-corrected chi connectivity index (χ2v) is 8.00. The Balaban J connectivity index is 2.35. The molecule has 5 nitrogen and oxygen atoms in total. The molecule has 0 saturated carbocycles. The normalized spacial score (nSPS) is 19.4. The molecule has 1 fully saturated rings. The summed E-state index contributed by atoms with van der Waals surface area (Å²) in [5, 5.41) is 1.51. The molecule has 1 unspecified atom stereocenters. The summed E-state index contributed by atoms with van der Waals surface area (Å²) in [6.45, 7) is -1.26. The van der Waals surface area contributed by atoms with Crippen LogP contribution >= 0.6 is 0 Å². The Morgan fingerprint density at radius 2 is 1.41 bits per heavy atom. The van der Waals surface area contributed by atoms with Crippen LogP contribution in [0.4, 0.5) is 39.5 Å². The number of halogens is 9. The molecule has 1 N–H and O–H groups in total. The third kappa shape index (κ3) is 5.32. The second-order valence-electron chi connectivity index (χ2n) is 6.06. The Labute approximate surface area is 157 Å². The number of carbonyl (C=O) groups excluding carboxylic acids is 1. The molecule has 164 valence electrons. The average molecular weight is 458 g/mol. The van der Waals surface area contributed by atoms with Gasteiger partial charge in [-0.15, -0.1) is 0 Å². The molecule has 1 aliphatic rings. The molecule has 1 aromatic rings. The summed E-state index contributed by atoms with van der Waals surface area (Å²) in [7, 11) is -4.91. The SMILES string of the molecule is O=C(NC1CCN(S(=O)(=O)c2cc(C(F)(F)F)cc(C(F)(F)F)c2)C1)C(F)(F)F. The smallest absolute Gasteiger partial charge is 0.344 e. The van der Waals surface area contributed by atoms with Gasteiger partial charge in [-0.2, -0.15) is 43.8 Å². The highest BCUT2D eigenvalue weighted by molar-refractivity contribution is 7.89. The van der Waals surface area contributed by atoms with Crippen LogP contribution in [0.1, 0.15) is 17.5 Å². The van der Waals surface area contributed by atoms with E-state index >= 15 is 0 Å². The average Bonchev–Trinajstić information content (AvgIpc) is 3.01. The lowest BCUT2D eigenvalue weighted by Crippen LogP contribution is -2.44. The second kappa shape index (κ2) is 7.34. The van der Waals surface area contributed by atoms with Crippen molar-refractivity contribution in [3.8, 4) is 0 Å². The van der Waals surface area contributed by atoms with E-state index in [0.717, 1.165) is 0 Å². The van der Waals surface area contributed by atoms with Crippen LogP contribution < -0.4 is 5.32 Å². The van der Waals surface area contributed by atoms with Gasteiger partial charge >= 0.3 is 24.4 Å². The van der Waals surface area contributed by atoms with E-state index in [1.54, 1.807) is 0 Å². The summed E-state index contributed by atoms with van der Waals surface area (Å²) < 4.78 is 139. The van der Waals surface area contributed by atoms with Gasteiger partial charge in [-0.3, -0.25) is 4.79 Å². The van der Waals surface area contributed by atoms with E-state index < -0.39 is 69.6 Å². The number of carbonyl (C=O) groups is 1. The van der Waals surface area contributed by atoms with Crippen molar-refractivity contribution < 1.29 is 52.7 Å². The summed E-state index contributed by atoms with van der Waals surface area (Å²) >= 11 is 0. The highest BCUT2D eigenvalue weighted by Gasteiger charge is 2.43. The molecule has 0 aromatic heterocycles. The molecular weight excluding hydrogens is 447 g/mol. The van der Waals surface area contributed by atoms with Crippen LogP contribution in [0.5, 0.6) is 0 Å². The summed E-state index contributed by atoms with van der Waals surface area (Å²) in [4.78, 5) is 9.59. The van der Waals surface area contributed by atoms with Gasteiger partial charge in [-0.1, -0.05) is 0 Å². The molecular formula is C14H11F9N2O3S. The van der Waals surface area contributed by atoms with E-state index in [1.807, 2.05) is 0 Å². The first-order chi connectivity index (χ1) is 12.9. The topological polar surface area (TPSA) is 66.5 Å². The van der Waals surface area contributed by atoms with E-state index in [-0.39, 0.29) is 24.6 Å². The van der Waals surface area contributed by atoms with Crippen LogP contribution in [-0.2, 0) is 27.2 Å². The molecule has 1 amide bonds. The molecule has 0 radical (unpaired) electrons. The first kappa shape index (κ1) is 23.3. The van der Waals surface area contributed by atoms with Crippen LogP contribution in [0.25, 0.3) is 0 Å². The van der Waals surface area contributed by atoms with Gasteiger partial charge in [-0.25, -0.2) is 8.42 Å². The minimum atomic E-state index is -5.28. The predicted octanol–water partition coefficient (Wildman–Crippen LogP) is 3.17. The van der Waals surface area contributed by atoms with E-state index in [2.05, 4.69) is 0 Å². The molecule has 29 heavy (non-hydrogen) atoms. The Morgan fingerprint density at radius 1 is 0.931 bits per heavy atom. The zero-order valence-electron chi connectivity index (χ0n) is 13.9. The molecule has 1 aliphatic heterocycles. The Hall–Kier alpha value is -2.03. The van der Waals surface area contributed by atoms with Gasteiger partial charge in [0, 0.05) is 19.1 Å². The molecule has 0 bridgehead atoms. The fraction of sp³-hybridized carbons (Fsp3) is 0.500. The minimum absolute atomic E-state index is 0.00615. The molecule has 1 heterocycles. The van der Waals surface area contributed by atoms with E-state index in [9.17, 15) is 52.7 Å². The summed E-state index contributed by atoms with van der Waals surface area (Å²) in [6.07, 6.45) is -16.1. The third-order valence-electron chi connectivity index (χ3n) is 3.94. The van der Waals surface area contributed by atoms with Gasteiger partial charge in [0.25, 0.3) is 0 Å². The zero-order valence-corrected chi connectivity index (χ0v) is 14.7. The van der Waals surface area contributed by atoms with Gasteiger partial charge in [0.05, 0.1) is 16.0 Å². The van der Waals surface area contributed by atoms with E-state index in [0.29, 0.717) is 4.31 Å². The van der Waals surface area contributed by atoms with Gasteiger partial charge < -0.3 is 5.32 Å².